The number of carboxylic acid groups (broad SMARTS) is 4. The smallest absolute Gasteiger partial charge is 0.543 e. The number of aliphatic carboxylic acids is 4. The van der Waals surface area contributed by atoms with Gasteiger partial charge in [-0.3, -0.25) is 0 Å². The Kier molecular flexibility index (Phi) is 39.1. The van der Waals surface area contributed by atoms with E-state index in [-0.39, 0.29) is 154 Å². The zero-order chi connectivity index (χ0) is 10.3. The molecule has 8 nitrogen and oxygen atoms in total. The van der Waals surface area contributed by atoms with Crippen molar-refractivity contribution in [1.29, 1.82) is 0 Å². The molecule has 0 bridgehead atoms. The van der Waals surface area contributed by atoms with Crippen molar-refractivity contribution in [2.45, 2.75) is 0 Å². The third kappa shape index (κ3) is 31.5. The summed E-state index contributed by atoms with van der Waals surface area (Å²) < 4.78 is 0. The van der Waals surface area contributed by atoms with Gasteiger partial charge in [-0.1, -0.05) is 0 Å². The monoisotopic (exact) mass is 294 g/mol. The average molecular weight is 294 g/mol. The summed E-state index contributed by atoms with van der Waals surface area (Å²) in [5, 5.41) is 34.2. The van der Waals surface area contributed by atoms with Gasteiger partial charge in [-0.2, -0.15) is 0 Å². The van der Waals surface area contributed by atoms with E-state index >= 15 is 0 Å². The van der Waals surface area contributed by atoms with E-state index < -0.39 is 23.9 Å². The van der Waals surface area contributed by atoms with Crippen LogP contribution in [0.15, 0.2) is 0 Å². The molecule has 0 aliphatic heterocycles. The van der Waals surface area contributed by atoms with Gasteiger partial charge in [-0.05, 0) is 0 Å². The van der Waals surface area contributed by atoms with Crippen molar-refractivity contribution in [3.63, 3.8) is 0 Å². The molecule has 0 aliphatic carbocycles. The summed E-state index contributed by atoms with van der Waals surface area (Å²) in [6.45, 7) is 0. The Labute approximate surface area is 211 Å². The summed E-state index contributed by atoms with van der Waals surface area (Å²) in [7, 11) is 0. The molecule has 11 heteroatoms. The van der Waals surface area contributed by atoms with Gasteiger partial charge in [0.2, 0.25) is 0 Å². The largest absolute Gasteiger partial charge is 1.00 e. The van der Waals surface area contributed by atoms with E-state index in [2.05, 4.69) is 0 Å². The summed E-state index contributed by atoms with van der Waals surface area (Å²) >= 11 is 0. The number of hydrogen-bond acceptors (Lipinski definition) is 7. The molecule has 0 saturated heterocycles. The van der Waals surface area contributed by atoms with E-state index in [1.165, 1.54) is 0 Å². The molecule has 0 aliphatic rings. The SMILES string of the molecule is O=C([O-])C(=O)O.O=C([O-])C(=O)[O-].[K+].[K+].[K+]. The fourth-order valence-electron chi connectivity index (χ4n) is 0. The molecule has 0 saturated carbocycles. The van der Waals surface area contributed by atoms with Gasteiger partial charge in [0.15, 0.2) is 5.97 Å². The molecule has 15 heavy (non-hydrogen) atoms. The summed E-state index contributed by atoms with van der Waals surface area (Å²) in [6.07, 6.45) is 0. The van der Waals surface area contributed by atoms with Crippen LogP contribution >= 0.6 is 0 Å². The van der Waals surface area contributed by atoms with Crippen LogP contribution in [0.2, 0.25) is 0 Å². The predicted molar refractivity (Wildman–Crippen MR) is 22.7 cm³/mol. The van der Waals surface area contributed by atoms with Gasteiger partial charge >= 0.3 is 160 Å². The molecule has 0 heterocycles. The number of carboxylic acids is 4. The third-order valence-electron chi connectivity index (χ3n) is 0.341. The minimum absolute atomic E-state index is 0. The molecule has 0 unspecified atom stereocenters. The van der Waals surface area contributed by atoms with E-state index in [9.17, 15) is 0 Å². The van der Waals surface area contributed by atoms with Crippen LogP contribution in [0.5, 0.6) is 0 Å². The van der Waals surface area contributed by atoms with Crippen molar-refractivity contribution >= 4 is 23.9 Å². The first kappa shape index (κ1) is 30.7. The van der Waals surface area contributed by atoms with Crippen molar-refractivity contribution in [3.8, 4) is 0 Å². The average Bonchev–Trinajstić information content (AvgIpc) is 1.88. The van der Waals surface area contributed by atoms with Gasteiger partial charge in [0.25, 0.3) is 0 Å². The summed E-state index contributed by atoms with van der Waals surface area (Å²) in [4.78, 5) is 35.9. The fourth-order valence-corrected chi connectivity index (χ4v) is 0. The number of carbonyl (C=O) groups excluding carboxylic acids is 3. The molecule has 0 fully saturated rings. The molecule has 0 aromatic carbocycles. The summed E-state index contributed by atoms with van der Waals surface area (Å²) in [6, 6.07) is 0. The predicted octanol–water partition coefficient (Wildman–Crippen LogP) is -14.7. The van der Waals surface area contributed by atoms with Gasteiger partial charge in [0, 0.05) is 0 Å². The maximum absolute atomic E-state index is 9.04. The Balaban J connectivity index is -0.0000000370. The van der Waals surface area contributed by atoms with Crippen molar-refractivity contribution < 1.29 is 194 Å². The second kappa shape index (κ2) is 19.1. The Bertz CT molecular complexity index is 178. The molecule has 0 rings (SSSR count). The zero-order valence-corrected chi connectivity index (χ0v) is 17.7. The number of hydrogen-bond donors (Lipinski definition) is 1. The van der Waals surface area contributed by atoms with Gasteiger partial charge in [-0.15, -0.1) is 0 Å². The molecule has 0 amide bonds. The maximum atomic E-state index is 9.04. The molecular weight excluding hydrogens is 293 g/mol. The van der Waals surface area contributed by atoms with Crippen molar-refractivity contribution in [3.05, 3.63) is 0 Å². The van der Waals surface area contributed by atoms with Crippen molar-refractivity contribution in [1.82, 2.24) is 0 Å². The molecule has 0 atom stereocenters. The van der Waals surface area contributed by atoms with Gasteiger partial charge in [-0.25, -0.2) is 4.79 Å². The summed E-state index contributed by atoms with van der Waals surface area (Å²) in [5.41, 5.74) is 0. The van der Waals surface area contributed by atoms with Crippen LogP contribution in [0.1, 0.15) is 0 Å². The minimum Gasteiger partial charge on any atom is -0.543 e. The Morgan fingerprint density at radius 1 is 0.667 bits per heavy atom. The second-order valence-corrected chi connectivity index (χ2v) is 1.17. The Hall–Kier alpha value is 2.79. The first-order chi connectivity index (χ1) is 5.29. The second-order valence-electron chi connectivity index (χ2n) is 1.17. The van der Waals surface area contributed by atoms with Crippen LogP contribution in [-0.4, -0.2) is 29.0 Å². The zero-order valence-electron chi connectivity index (χ0n) is 8.30. The van der Waals surface area contributed by atoms with Crippen LogP contribution in [0, 0.1) is 0 Å². The van der Waals surface area contributed by atoms with Crippen LogP contribution in [0.25, 0.3) is 0 Å². The quantitative estimate of drug-likeness (QED) is 0.340. The third-order valence-corrected chi connectivity index (χ3v) is 0.341. The van der Waals surface area contributed by atoms with E-state index in [1.54, 1.807) is 0 Å². The van der Waals surface area contributed by atoms with E-state index in [0.717, 1.165) is 0 Å². The van der Waals surface area contributed by atoms with Crippen LogP contribution in [0.4, 0.5) is 0 Å². The van der Waals surface area contributed by atoms with Crippen molar-refractivity contribution in [2.24, 2.45) is 0 Å². The van der Waals surface area contributed by atoms with Crippen LogP contribution < -0.4 is 169 Å². The van der Waals surface area contributed by atoms with Crippen LogP contribution in [-0.2, 0) is 19.2 Å². The molecule has 0 aromatic heterocycles. The number of carbonyl (C=O) groups is 4. The molecular formula is C4HK3O8. The standard InChI is InChI=1S/2C2H2O4.3K/c2*3-1(4)2(5)6;;;/h2*(H,3,4)(H,5,6);;;/q;;3*+1/p-3. The Morgan fingerprint density at radius 3 is 0.800 bits per heavy atom. The van der Waals surface area contributed by atoms with Crippen LogP contribution in [0.3, 0.4) is 0 Å². The maximum Gasteiger partial charge on any atom is 1.00 e. The number of rotatable bonds is 0. The first-order valence-electron chi connectivity index (χ1n) is 2.15. The first-order valence-corrected chi connectivity index (χ1v) is 2.15. The molecule has 68 valence electrons. The normalized spacial score (nSPS) is 5.87. The van der Waals surface area contributed by atoms with E-state index in [4.69, 9.17) is 39.6 Å². The van der Waals surface area contributed by atoms with E-state index in [0.29, 0.717) is 0 Å². The molecule has 1 N–H and O–H groups in total. The topological polar surface area (TPSA) is 158 Å². The van der Waals surface area contributed by atoms with E-state index in [1.807, 2.05) is 0 Å². The van der Waals surface area contributed by atoms with Gasteiger partial charge < -0.3 is 34.8 Å². The van der Waals surface area contributed by atoms with Crippen molar-refractivity contribution in [2.75, 3.05) is 0 Å². The molecule has 0 spiro atoms. The fraction of sp³-hybridized carbons (Fsp3) is 0. The molecule has 0 radical (unpaired) electrons. The van der Waals surface area contributed by atoms with Gasteiger partial charge in [0.05, 0.1) is 11.9 Å². The summed E-state index contributed by atoms with van der Waals surface area (Å²) in [5.74, 6) is -8.38. The Morgan fingerprint density at radius 2 is 0.800 bits per heavy atom. The molecule has 0 aromatic rings. The minimum atomic E-state index is -2.19. The van der Waals surface area contributed by atoms with Gasteiger partial charge in [0.1, 0.15) is 0 Å².